The highest BCUT2D eigenvalue weighted by molar-refractivity contribution is 5.94. The maximum absolute atomic E-state index is 14.6. The van der Waals surface area contributed by atoms with Gasteiger partial charge in [-0.15, -0.1) is 0 Å². The average Bonchev–Trinajstić information content (AvgIpc) is 3.52. The van der Waals surface area contributed by atoms with Gasteiger partial charge in [-0.1, -0.05) is 0 Å². The van der Waals surface area contributed by atoms with E-state index in [1.54, 1.807) is 6.07 Å². The van der Waals surface area contributed by atoms with Gasteiger partial charge in [-0.25, -0.2) is 19.2 Å². The molecule has 15 heteroatoms. The van der Waals surface area contributed by atoms with Crippen LogP contribution in [-0.4, -0.2) is 85.5 Å². The van der Waals surface area contributed by atoms with Gasteiger partial charge in [-0.3, -0.25) is 19.3 Å². The quantitative estimate of drug-likeness (QED) is 0.248. The van der Waals surface area contributed by atoms with Crippen LogP contribution in [0.2, 0.25) is 0 Å². The highest BCUT2D eigenvalue weighted by Gasteiger charge is 2.34. The smallest absolute Gasteiger partial charge is 0.415 e. The number of carboxylic acid groups (broad SMARTS) is 1. The van der Waals surface area contributed by atoms with E-state index >= 15 is 0 Å². The SMILES string of the molecule is CNC(=O)COc1cc(F)c2c(c1)CC(CNCCC1CN(c3cnc4c(n3)NC(=O)CO4)C(=O)O1)C2.O=CO. The van der Waals surface area contributed by atoms with Crippen molar-refractivity contribution in [3.8, 4) is 11.6 Å². The van der Waals surface area contributed by atoms with Crippen molar-refractivity contribution in [1.29, 1.82) is 0 Å². The number of carbonyl (C=O) groups is 4. The van der Waals surface area contributed by atoms with E-state index in [1.807, 2.05) is 0 Å². The minimum absolute atomic E-state index is 0.127. The molecule has 3 aliphatic rings. The highest BCUT2D eigenvalue weighted by Crippen LogP contribution is 2.32. The van der Waals surface area contributed by atoms with Gasteiger partial charge < -0.3 is 35.3 Å². The molecule has 3 heterocycles. The van der Waals surface area contributed by atoms with Crippen LogP contribution in [0, 0.1) is 11.7 Å². The lowest BCUT2D eigenvalue weighted by atomic mass is 10.1. The number of hydrogen-bond acceptors (Lipinski definition) is 10. The number of benzene rings is 1. The zero-order valence-electron chi connectivity index (χ0n) is 21.6. The standard InChI is InChI=1S/C24H27FN6O6.CH2O2/c1-26-20(32)11-35-16-6-14-4-13(5-17(14)18(25)7-16)8-27-3-2-15-10-31(24(34)37-15)19-9-28-23-22(29-19)30-21(33)12-36-23;2-1-3/h6-7,9,13,15,27H,2-5,8,10-12H2,1H3,(H,26,32)(H,29,30,33);1H,(H,2,3). The third-order valence-corrected chi connectivity index (χ3v) is 6.46. The summed E-state index contributed by atoms with van der Waals surface area (Å²) in [7, 11) is 1.51. The van der Waals surface area contributed by atoms with Crippen LogP contribution in [-0.2, 0) is 32.0 Å². The van der Waals surface area contributed by atoms with Gasteiger partial charge in [-0.05, 0) is 55.5 Å². The zero-order valence-corrected chi connectivity index (χ0v) is 21.6. The Morgan fingerprint density at radius 3 is 2.92 bits per heavy atom. The molecule has 0 bridgehead atoms. The first kappa shape index (κ1) is 28.5. The second-order valence-electron chi connectivity index (χ2n) is 9.21. The molecular weight excluding hydrogens is 531 g/mol. The molecule has 1 saturated heterocycles. The fraction of sp³-hybridized carbons (Fsp3) is 0.440. The first-order valence-electron chi connectivity index (χ1n) is 12.5. The predicted molar refractivity (Wildman–Crippen MR) is 137 cm³/mol. The van der Waals surface area contributed by atoms with E-state index in [2.05, 4.69) is 25.9 Å². The van der Waals surface area contributed by atoms with E-state index in [4.69, 9.17) is 24.1 Å². The van der Waals surface area contributed by atoms with Gasteiger partial charge in [0.05, 0.1) is 12.7 Å². The fourth-order valence-corrected chi connectivity index (χ4v) is 4.61. The molecule has 0 spiro atoms. The van der Waals surface area contributed by atoms with Gasteiger partial charge in [0.25, 0.3) is 24.2 Å². The topological polar surface area (TPSA) is 181 Å². The first-order valence-corrected chi connectivity index (χ1v) is 12.5. The first-order chi connectivity index (χ1) is 19.3. The van der Waals surface area contributed by atoms with E-state index in [0.29, 0.717) is 50.2 Å². The van der Waals surface area contributed by atoms with Crippen molar-refractivity contribution in [2.24, 2.45) is 5.92 Å². The molecule has 2 aliphatic heterocycles. The van der Waals surface area contributed by atoms with Crippen molar-refractivity contribution in [3.05, 3.63) is 35.3 Å². The number of rotatable bonds is 9. The number of likely N-dealkylation sites (N-methyl/N-ethyl adjacent to an activating group) is 1. The van der Waals surface area contributed by atoms with Gasteiger partial charge in [0.1, 0.15) is 17.7 Å². The Bertz CT molecular complexity index is 1280. The Morgan fingerprint density at radius 2 is 2.15 bits per heavy atom. The van der Waals surface area contributed by atoms with Gasteiger partial charge in [0.2, 0.25) is 0 Å². The van der Waals surface area contributed by atoms with Crippen molar-refractivity contribution in [2.75, 3.05) is 50.1 Å². The number of halogens is 1. The van der Waals surface area contributed by atoms with Crippen LogP contribution in [0.4, 0.5) is 20.8 Å². The van der Waals surface area contributed by atoms with Crippen molar-refractivity contribution in [1.82, 2.24) is 20.6 Å². The van der Waals surface area contributed by atoms with Crippen LogP contribution in [0.3, 0.4) is 0 Å². The summed E-state index contributed by atoms with van der Waals surface area (Å²) in [6.45, 7) is 1.07. The predicted octanol–water partition coefficient (Wildman–Crippen LogP) is 0.492. The minimum Gasteiger partial charge on any atom is -0.484 e. The summed E-state index contributed by atoms with van der Waals surface area (Å²) >= 11 is 0. The number of hydrogen-bond donors (Lipinski definition) is 4. The summed E-state index contributed by atoms with van der Waals surface area (Å²) in [6, 6.07) is 3.13. The summed E-state index contributed by atoms with van der Waals surface area (Å²) in [5, 5.41) is 15.3. The monoisotopic (exact) mass is 560 g/mol. The molecule has 1 aliphatic carbocycles. The Hall–Kier alpha value is -4.53. The van der Waals surface area contributed by atoms with Gasteiger partial charge in [0.15, 0.2) is 24.8 Å². The Labute approximate surface area is 228 Å². The van der Waals surface area contributed by atoms with Crippen molar-refractivity contribution >= 4 is 36.0 Å². The molecular formula is C25H29FN6O8. The summed E-state index contributed by atoms with van der Waals surface area (Å²) in [4.78, 5) is 53.4. The van der Waals surface area contributed by atoms with Gasteiger partial charge in [0, 0.05) is 13.1 Å². The maximum Gasteiger partial charge on any atom is 0.415 e. The fourth-order valence-electron chi connectivity index (χ4n) is 4.61. The minimum atomic E-state index is -0.529. The van der Waals surface area contributed by atoms with E-state index in [1.165, 1.54) is 24.2 Å². The maximum atomic E-state index is 14.6. The van der Waals surface area contributed by atoms with Gasteiger partial charge in [-0.2, -0.15) is 0 Å². The normalized spacial score (nSPS) is 18.8. The van der Waals surface area contributed by atoms with Crippen LogP contribution in [0.1, 0.15) is 17.5 Å². The average molecular weight is 561 g/mol. The Balaban J connectivity index is 0.00000118. The summed E-state index contributed by atoms with van der Waals surface area (Å²) in [5.74, 6) is 0.288. The van der Waals surface area contributed by atoms with Crippen molar-refractivity contribution < 1.29 is 42.9 Å². The number of nitrogens with zero attached hydrogens (tertiary/aromatic N) is 3. The molecule has 2 atom stereocenters. The van der Waals surface area contributed by atoms with E-state index < -0.39 is 6.09 Å². The van der Waals surface area contributed by atoms with Crippen molar-refractivity contribution in [3.63, 3.8) is 0 Å². The van der Waals surface area contributed by atoms with Crippen LogP contribution in [0.15, 0.2) is 18.3 Å². The number of nitrogens with one attached hydrogen (secondary N) is 3. The lowest BCUT2D eigenvalue weighted by Crippen LogP contribution is -2.30. The number of cyclic esters (lactones) is 1. The number of anilines is 2. The number of amides is 3. The number of ether oxygens (including phenoxy) is 3. The second-order valence-corrected chi connectivity index (χ2v) is 9.21. The Kier molecular flexibility index (Phi) is 9.27. The molecule has 0 radical (unpaired) electrons. The molecule has 40 heavy (non-hydrogen) atoms. The molecule has 1 fully saturated rings. The second kappa shape index (κ2) is 13.0. The third kappa shape index (κ3) is 6.91. The third-order valence-electron chi connectivity index (χ3n) is 6.46. The highest BCUT2D eigenvalue weighted by atomic mass is 19.1. The molecule has 1 aromatic heterocycles. The molecule has 0 saturated carbocycles. The van der Waals surface area contributed by atoms with Crippen LogP contribution in [0.5, 0.6) is 11.6 Å². The van der Waals surface area contributed by atoms with E-state index in [-0.39, 0.29) is 66.9 Å². The van der Waals surface area contributed by atoms with Crippen molar-refractivity contribution in [2.45, 2.75) is 25.4 Å². The molecule has 14 nitrogen and oxygen atoms in total. The summed E-state index contributed by atoms with van der Waals surface area (Å²) in [6.07, 6.45) is 2.46. The number of aromatic nitrogens is 2. The lowest BCUT2D eigenvalue weighted by molar-refractivity contribution is -0.123. The lowest BCUT2D eigenvalue weighted by Gasteiger charge is -2.18. The molecule has 214 valence electrons. The van der Waals surface area contributed by atoms with Crippen LogP contribution < -0.4 is 30.3 Å². The zero-order chi connectivity index (χ0) is 28.6. The molecule has 3 amide bonds. The van der Waals surface area contributed by atoms with E-state index in [9.17, 15) is 18.8 Å². The summed E-state index contributed by atoms with van der Waals surface area (Å²) in [5.41, 5.74) is 1.58. The van der Waals surface area contributed by atoms with Crippen LogP contribution >= 0.6 is 0 Å². The number of carbonyl (C=O) groups excluding carboxylic acids is 3. The summed E-state index contributed by atoms with van der Waals surface area (Å²) < 4.78 is 30.6. The molecule has 5 rings (SSSR count). The molecule has 2 aromatic rings. The largest absolute Gasteiger partial charge is 0.484 e. The van der Waals surface area contributed by atoms with Gasteiger partial charge >= 0.3 is 6.09 Å². The Morgan fingerprint density at radius 1 is 1.35 bits per heavy atom. The molecule has 2 unspecified atom stereocenters. The molecule has 1 aromatic carbocycles. The number of fused-ring (bicyclic) bond motifs is 2. The van der Waals surface area contributed by atoms with Crippen LogP contribution in [0.25, 0.3) is 0 Å². The van der Waals surface area contributed by atoms with E-state index in [0.717, 1.165) is 5.56 Å². The molecule has 4 N–H and O–H groups in total.